The van der Waals surface area contributed by atoms with E-state index in [2.05, 4.69) is 9.68 Å². The van der Waals surface area contributed by atoms with Gasteiger partial charge in [0.15, 0.2) is 17.6 Å². The van der Waals surface area contributed by atoms with Gasteiger partial charge in [0.2, 0.25) is 0 Å². The molecule has 194 valence electrons. The standard InChI is InChI=1S/C19H27N3O11P2/c1-2-21-15(20-31-10-13-6-4-3-5-7-13)8-9-22(19(21)25)18-17(24)16(23)14(33-18)11-32-35(29,30)12-34(26,27)28/h3-9,14,16-18,23-24H,2,10-12H2,1H3,(H,29,30)(H2,26,27,28)/b20-15+/t14-,16-,17-,18-/m1/s1. The highest BCUT2D eigenvalue weighted by molar-refractivity contribution is 7.70. The molecule has 1 aliphatic rings. The highest BCUT2D eigenvalue weighted by Gasteiger charge is 2.45. The molecule has 0 aliphatic carbocycles. The molecule has 1 fully saturated rings. The van der Waals surface area contributed by atoms with Crippen molar-refractivity contribution in [3.63, 3.8) is 0 Å². The largest absolute Gasteiger partial charge is 0.389 e. The molecule has 1 aromatic heterocycles. The normalized spacial score (nSPS) is 24.9. The van der Waals surface area contributed by atoms with E-state index in [0.717, 1.165) is 10.1 Å². The molecule has 2 aromatic rings. The molecule has 2 heterocycles. The minimum atomic E-state index is -4.84. The van der Waals surface area contributed by atoms with Crippen LogP contribution in [0.2, 0.25) is 0 Å². The number of nitrogens with zero attached hydrogens (tertiary/aromatic N) is 3. The van der Waals surface area contributed by atoms with Crippen LogP contribution >= 0.6 is 15.2 Å². The Morgan fingerprint density at radius 1 is 1.09 bits per heavy atom. The van der Waals surface area contributed by atoms with E-state index in [-0.39, 0.29) is 18.6 Å². The third kappa shape index (κ3) is 7.20. The first-order chi connectivity index (χ1) is 16.4. The van der Waals surface area contributed by atoms with E-state index in [1.54, 1.807) is 6.92 Å². The Balaban J connectivity index is 1.75. The lowest BCUT2D eigenvalue weighted by molar-refractivity contribution is -0.0531. The van der Waals surface area contributed by atoms with Gasteiger partial charge in [-0.15, -0.1) is 0 Å². The molecular weight excluding hydrogens is 508 g/mol. The molecule has 1 aliphatic heterocycles. The quantitative estimate of drug-likeness (QED) is 0.197. The van der Waals surface area contributed by atoms with Crippen LogP contribution < -0.4 is 11.2 Å². The lowest BCUT2D eigenvalue weighted by Crippen LogP contribution is -2.43. The first kappa shape index (κ1) is 27.5. The molecule has 0 spiro atoms. The summed E-state index contributed by atoms with van der Waals surface area (Å²) in [4.78, 5) is 45.7. The molecular formula is C19H27N3O11P2. The van der Waals surface area contributed by atoms with Gasteiger partial charge in [-0.2, -0.15) is 0 Å². The fourth-order valence-corrected chi connectivity index (χ4v) is 5.99. The molecule has 1 unspecified atom stereocenters. The number of aliphatic hydroxyl groups excluding tert-OH is 2. The van der Waals surface area contributed by atoms with Crippen molar-refractivity contribution in [1.29, 1.82) is 0 Å². The van der Waals surface area contributed by atoms with Crippen LogP contribution in [0.5, 0.6) is 0 Å². The van der Waals surface area contributed by atoms with Crippen LogP contribution in [0.15, 0.2) is 52.5 Å². The Hall–Kier alpha value is -2.12. The van der Waals surface area contributed by atoms with Gasteiger partial charge in [-0.25, -0.2) is 4.79 Å². The number of hydrogen-bond donors (Lipinski definition) is 5. The Labute approximate surface area is 199 Å². The number of rotatable bonds is 10. The fraction of sp³-hybridized carbons (Fsp3) is 0.474. The van der Waals surface area contributed by atoms with Gasteiger partial charge >= 0.3 is 20.9 Å². The molecule has 5 atom stereocenters. The van der Waals surface area contributed by atoms with Crippen LogP contribution in [0.1, 0.15) is 18.7 Å². The maximum absolute atomic E-state index is 13.0. The van der Waals surface area contributed by atoms with E-state index in [1.807, 2.05) is 30.3 Å². The highest BCUT2D eigenvalue weighted by Crippen LogP contribution is 2.55. The van der Waals surface area contributed by atoms with Crippen LogP contribution in [-0.4, -0.2) is 64.8 Å². The van der Waals surface area contributed by atoms with Gasteiger partial charge in [0, 0.05) is 18.8 Å². The van der Waals surface area contributed by atoms with Gasteiger partial charge in [0.25, 0.3) is 0 Å². The first-order valence-electron chi connectivity index (χ1n) is 10.5. The average molecular weight is 535 g/mol. The predicted octanol–water partition coefficient (Wildman–Crippen LogP) is -0.341. The third-order valence-corrected chi connectivity index (χ3v) is 8.53. The van der Waals surface area contributed by atoms with E-state index in [9.17, 15) is 29.0 Å². The molecule has 0 bridgehead atoms. The molecule has 14 nitrogen and oxygen atoms in total. The number of hydrogen-bond acceptors (Lipinski definition) is 9. The summed E-state index contributed by atoms with van der Waals surface area (Å²) in [6, 6.07) is 10.7. The molecule has 3 rings (SSSR count). The number of benzene rings is 1. The molecule has 1 saturated heterocycles. The summed E-state index contributed by atoms with van der Waals surface area (Å²) in [5.74, 6) is -1.41. The van der Waals surface area contributed by atoms with Gasteiger partial charge in [-0.1, -0.05) is 35.5 Å². The summed E-state index contributed by atoms with van der Waals surface area (Å²) >= 11 is 0. The van der Waals surface area contributed by atoms with E-state index < -0.39 is 57.9 Å². The first-order valence-corrected chi connectivity index (χ1v) is 14.0. The second-order valence-corrected chi connectivity index (χ2v) is 11.7. The molecule has 35 heavy (non-hydrogen) atoms. The summed E-state index contributed by atoms with van der Waals surface area (Å²) in [6.45, 7) is 1.31. The van der Waals surface area contributed by atoms with Crippen molar-refractivity contribution in [2.75, 3.05) is 12.5 Å². The number of aliphatic hydroxyl groups is 2. The zero-order valence-corrected chi connectivity index (χ0v) is 20.4. The summed E-state index contributed by atoms with van der Waals surface area (Å²) in [6.07, 6.45) is -4.66. The number of aromatic nitrogens is 2. The van der Waals surface area contributed by atoms with E-state index >= 15 is 0 Å². The summed E-state index contributed by atoms with van der Waals surface area (Å²) in [5, 5.41) is 24.7. The minimum absolute atomic E-state index is 0.183. The van der Waals surface area contributed by atoms with Crippen molar-refractivity contribution in [2.24, 2.45) is 5.16 Å². The van der Waals surface area contributed by atoms with Crippen molar-refractivity contribution >= 4 is 15.2 Å². The highest BCUT2D eigenvalue weighted by atomic mass is 31.2. The zero-order chi connectivity index (χ0) is 25.8. The summed E-state index contributed by atoms with van der Waals surface area (Å²) < 4.78 is 35.2. The lowest BCUT2D eigenvalue weighted by Gasteiger charge is -2.19. The molecule has 5 N–H and O–H groups in total. The number of ether oxygens (including phenoxy) is 1. The Morgan fingerprint density at radius 2 is 1.77 bits per heavy atom. The van der Waals surface area contributed by atoms with Crippen molar-refractivity contribution in [3.8, 4) is 0 Å². The van der Waals surface area contributed by atoms with Crippen LogP contribution in [0.4, 0.5) is 0 Å². The Bertz CT molecular complexity index is 1230. The van der Waals surface area contributed by atoms with Crippen molar-refractivity contribution in [2.45, 2.75) is 44.6 Å². The molecule has 0 saturated carbocycles. The smallest absolute Gasteiger partial charge is 0.340 e. The maximum Gasteiger partial charge on any atom is 0.340 e. The topological polar surface area (TPSA) is 202 Å². The maximum atomic E-state index is 13.0. The van der Waals surface area contributed by atoms with Crippen LogP contribution in [-0.2, 0) is 36.4 Å². The summed E-state index contributed by atoms with van der Waals surface area (Å²) in [5.41, 5.74) is 0.450. The van der Waals surface area contributed by atoms with E-state index in [0.29, 0.717) is 0 Å². The summed E-state index contributed by atoms with van der Waals surface area (Å²) in [7, 11) is -9.54. The zero-order valence-electron chi connectivity index (χ0n) is 18.6. The minimum Gasteiger partial charge on any atom is -0.389 e. The monoisotopic (exact) mass is 535 g/mol. The van der Waals surface area contributed by atoms with Gasteiger partial charge in [-0.05, 0) is 12.5 Å². The van der Waals surface area contributed by atoms with Crippen molar-refractivity contribution in [1.82, 2.24) is 9.13 Å². The van der Waals surface area contributed by atoms with Crippen molar-refractivity contribution in [3.05, 3.63) is 64.1 Å². The molecule has 1 aromatic carbocycles. The van der Waals surface area contributed by atoms with Gasteiger partial charge in [0.05, 0.1) is 6.61 Å². The van der Waals surface area contributed by atoms with E-state index in [1.165, 1.54) is 16.8 Å². The van der Waals surface area contributed by atoms with Gasteiger partial charge in [-0.3, -0.25) is 18.3 Å². The average Bonchev–Trinajstić information content (AvgIpc) is 3.06. The molecule has 0 amide bonds. The third-order valence-electron chi connectivity index (χ3n) is 5.08. The fourth-order valence-electron chi connectivity index (χ4n) is 3.42. The van der Waals surface area contributed by atoms with E-state index in [4.69, 9.17) is 19.4 Å². The predicted molar refractivity (Wildman–Crippen MR) is 120 cm³/mol. The molecule has 16 heteroatoms. The lowest BCUT2D eigenvalue weighted by atomic mass is 10.1. The van der Waals surface area contributed by atoms with Crippen LogP contribution in [0.25, 0.3) is 0 Å². The molecule has 0 radical (unpaired) electrons. The second kappa shape index (κ2) is 11.3. The van der Waals surface area contributed by atoms with Crippen LogP contribution in [0, 0.1) is 0 Å². The van der Waals surface area contributed by atoms with Crippen LogP contribution in [0.3, 0.4) is 0 Å². The van der Waals surface area contributed by atoms with Crippen molar-refractivity contribution < 1.29 is 48.1 Å². The Kier molecular flexibility index (Phi) is 8.86. The van der Waals surface area contributed by atoms with Gasteiger partial charge < -0.3 is 39.0 Å². The SMILES string of the molecule is CCn1c(=O)n([C@@H]2O[C@H](COP(=O)(O)CP(=O)(O)O)[C@@H](O)[C@H]2O)cc/c1=N\OCc1ccccc1. The second-order valence-electron chi connectivity index (χ2n) is 7.74. The van der Waals surface area contributed by atoms with Gasteiger partial charge in [0.1, 0.15) is 24.9 Å². The Morgan fingerprint density at radius 3 is 2.40 bits per heavy atom.